The van der Waals surface area contributed by atoms with Crippen molar-refractivity contribution >= 4 is 14.1 Å². The van der Waals surface area contributed by atoms with Crippen molar-refractivity contribution in [2.75, 3.05) is 0 Å². The summed E-state index contributed by atoms with van der Waals surface area (Å²) in [6, 6.07) is 0. The van der Waals surface area contributed by atoms with Crippen molar-refractivity contribution in [2.24, 2.45) is 0 Å². The Bertz CT molecular complexity index is 264. The van der Waals surface area contributed by atoms with E-state index in [1.165, 1.54) is 6.08 Å². The first-order valence-corrected chi connectivity index (χ1v) is 9.34. The molecule has 0 spiro atoms. The lowest BCUT2D eigenvalue weighted by Crippen LogP contribution is -2.43. The lowest BCUT2D eigenvalue weighted by atomic mass is 10.1. The number of ketones is 1. The predicted molar refractivity (Wildman–Crippen MR) is 76.8 cm³/mol. The monoisotopic (exact) mass is 256 g/mol. The van der Waals surface area contributed by atoms with E-state index < -0.39 is 8.32 Å². The summed E-state index contributed by atoms with van der Waals surface area (Å²) < 4.78 is 6.22. The van der Waals surface area contributed by atoms with Gasteiger partial charge in [0.1, 0.15) is 0 Å². The number of hydrogen-bond donors (Lipinski definition) is 0. The van der Waals surface area contributed by atoms with Gasteiger partial charge in [-0.2, -0.15) is 0 Å². The normalized spacial score (nSPS) is 14.5. The van der Waals surface area contributed by atoms with Crippen molar-refractivity contribution in [3.63, 3.8) is 0 Å². The molecular formula is C14H28O2Si. The van der Waals surface area contributed by atoms with Crippen molar-refractivity contribution in [3.05, 3.63) is 12.7 Å². The SMILES string of the molecule is C=CC(=O)CCC[C@@H](C)O[Si](C)(C)C(C)(C)C. The molecule has 17 heavy (non-hydrogen) atoms. The van der Waals surface area contributed by atoms with E-state index in [1.54, 1.807) is 0 Å². The highest BCUT2D eigenvalue weighted by Gasteiger charge is 2.38. The van der Waals surface area contributed by atoms with Crippen LogP contribution in [0.3, 0.4) is 0 Å². The van der Waals surface area contributed by atoms with Gasteiger partial charge in [0, 0.05) is 12.5 Å². The molecule has 0 amide bonds. The van der Waals surface area contributed by atoms with Gasteiger partial charge in [-0.25, -0.2) is 0 Å². The maximum atomic E-state index is 11.1. The minimum atomic E-state index is -1.66. The highest BCUT2D eigenvalue weighted by atomic mass is 28.4. The average molecular weight is 256 g/mol. The van der Waals surface area contributed by atoms with Crippen LogP contribution in [0.15, 0.2) is 12.7 Å². The Labute approximate surface area is 108 Å². The number of allylic oxidation sites excluding steroid dienone is 1. The summed E-state index contributed by atoms with van der Waals surface area (Å²) in [6.07, 6.45) is 4.08. The van der Waals surface area contributed by atoms with Crippen LogP contribution in [-0.4, -0.2) is 20.2 Å². The van der Waals surface area contributed by atoms with Crippen LogP contribution in [0.4, 0.5) is 0 Å². The van der Waals surface area contributed by atoms with Crippen LogP contribution in [0.5, 0.6) is 0 Å². The minimum Gasteiger partial charge on any atom is -0.414 e. The molecule has 0 heterocycles. The summed E-state index contributed by atoms with van der Waals surface area (Å²) in [5, 5.41) is 0.248. The molecule has 2 nitrogen and oxygen atoms in total. The number of carbonyl (C=O) groups is 1. The van der Waals surface area contributed by atoms with Crippen LogP contribution in [0.25, 0.3) is 0 Å². The first-order chi connectivity index (χ1) is 7.60. The van der Waals surface area contributed by atoms with Gasteiger partial charge in [0.05, 0.1) is 0 Å². The standard InChI is InChI=1S/C14H28O2Si/c1-8-13(15)11-9-10-12(2)16-17(6,7)14(3,4)5/h8,12H,1,9-11H2,2-7H3/t12-/m1/s1. The first-order valence-electron chi connectivity index (χ1n) is 6.43. The van der Waals surface area contributed by atoms with Crippen LogP contribution in [0, 0.1) is 0 Å². The molecule has 100 valence electrons. The second-order valence-corrected chi connectivity index (χ2v) is 11.0. The van der Waals surface area contributed by atoms with E-state index >= 15 is 0 Å². The molecule has 0 aliphatic heterocycles. The second kappa shape index (κ2) is 6.50. The van der Waals surface area contributed by atoms with Crippen LogP contribution < -0.4 is 0 Å². The number of rotatable bonds is 7. The number of hydrogen-bond acceptors (Lipinski definition) is 2. The highest BCUT2D eigenvalue weighted by Crippen LogP contribution is 2.37. The molecule has 0 N–H and O–H groups in total. The third-order valence-electron chi connectivity index (χ3n) is 3.56. The van der Waals surface area contributed by atoms with Crippen LogP contribution in [0.1, 0.15) is 47.0 Å². The molecular weight excluding hydrogens is 228 g/mol. The summed E-state index contributed by atoms with van der Waals surface area (Å²) in [5.74, 6) is 0.129. The summed E-state index contributed by atoms with van der Waals surface area (Å²) in [5.41, 5.74) is 0. The van der Waals surface area contributed by atoms with Gasteiger partial charge in [-0.15, -0.1) is 0 Å². The Balaban J connectivity index is 4.06. The van der Waals surface area contributed by atoms with E-state index in [0.29, 0.717) is 6.42 Å². The van der Waals surface area contributed by atoms with Gasteiger partial charge < -0.3 is 4.43 Å². The van der Waals surface area contributed by atoms with Crippen molar-refractivity contribution in [1.29, 1.82) is 0 Å². The molecule has 0 aliphatic rings. The van der Waals surface area contributed by atoms with E-state index in [9.17, 15) is 4.79 Å². The fraction of sp³-hybridized carbons (Fsp3) is 0.786. The third kappa shape index (κ3) is 6.17. The molecule has 3 heteroatoms. The average Bonchev–Trinajstić information content (AvgIpc) is 2.14. The highest BCUT2D eigenvalue weighted by molar-refractivity contribution is 6.74. The molecule has 0 aromatic heterocycles. The molecule has 0 radical (unpaired) electrons. The summed E-state index contributed by atoms with van der Waals surface area (Å²) >= 11 is 0. The van der Waals surface area contributed by atoms with Crippen LogP contribution in [0.2, 0.25) is 18.1 Å². The van der Waals surface area contributed by atoms with E-state index in [2.05, 4.69) is 47.4 Å². The summed E-state index contributed by atoms with van der Waals surface area (Å²) in [4.78, 5) is 11.1. The second-order valence-electron chi connectivity index (χ2n) is 6.25. The largest absolute Gasteiger partial charge is 0.414 e. The van der Waals surface area contributed by atoms with E-state index in [0.717, 1.165) is 12.8 Å². The van der Waals surface area contributed by atoms with E-state index in [4.69, 9.17) is 4.43 Å². The van der Waals surface area contributed by atoms with Gasteiger partial charge in [-0.1, -0.05) is 27.4 Å². The molecule has 1 atom stereocenters. The Morgan fingerprint density at radius 3 is 2.35 bits per heavy atom. The molecule has 0 saturated carbocycles. The summed E-state index contributed by atoms with van der Waals surface area (Å²) in [6.45, 7) is 16.8. The molecule has 0 unspecified atom stereocenters. The fourth-order valence-corrected chi connectivity index (χ4v) is 2.88. The molecule has 0 saturated heterocycles. The Morgan fingerprint density at radius 1 is 1.41 bits per heavy atom. The summed E-state index contributed by atoms with van der Waals surface area (Å²) in [7, 11) is -1.66. The lowest BCUT2D eigenvalue weighted by molar-refractivity contribution is -0.114. The zero-order chi connectivity index (χ0) is 13.7. The van der Waals surface area contributed by atoms with Crippen LogP contribution >= 0.6 is 0 Å². The number of carbonyl (C=O) groups excluding carboxylic acids is 1. The molecule has 0 aromatic carbocycles. The van der Waals surface area contributed by atoms with Crippen molar-refractivity contribution in [3.8, 4) is 0 Å². The lowest BCUT2D eigenvalue weighted by Gasteiger charge is -2.38. The quantitative estimate of drug-likeness (QED) is 0.501. The molecule has 0 bridgehead atoms. The minimum absolute atomic E-state index is 0.129. The molecule has 0 fully saturated rings. The maximum Gasteiger partial charge on any atom is 0.192 e. The van der Waals surface area contributed by atoms with E-state index in [-0.39, 0.29) is 16.9 Å². The van der Waals surface area contributed by atoms with Gasteiger partial charge in [0.15, 0.2) is 14.1 Å². The van der Waals surface area contributed by atoms with Gasteiger partial charge in [0.2, 0.25) is 0 Å². The van der Waals surface area contributed by atoms with Gasteiger partial charge in [-0.05, 0) is 44.0 Å². The molecule has 0 aliphatic carbocycles. The van der Waals surface area contributed by atoms with Gasteiger partial charge >= 0.3 is 0 Å². The predicted octanol–water partition coefficient (Wildman–Crippen LogP) is 4.32. The zero-order valence-electron chi connectivity index (χ0n) is 12.3. The first kappa shape index (κ1) is 16.6. The van der Waals surface area contributed by atoms with Crippen molar-refractivity contribution < 1.29 is 9.22 Å². The van der Waals surface area contributed by atoms with Crippen molar-refractivity contribution in [1.82, 2.24) is 0 Å². The van der Waals surface area contributed by atoms with Crippen molar-refractivity contribution in [2.45, 2.75) is 71.2 Å². The van der Waals surface area contributed by atoms with Gasteiger partial charge in [-0.3, -0.25) is 4.79 Å². The topological polar surface area (TPSA) is 26.3 Å². The third-order valence-corrected chi connectivity index (χ3v) is 8.17. The van der Waals surface area contributed by atoms with Crippen LogP contribution in [-0.2, 0) is 9.22 Å². The maximum absolute atomic E-state index is 11.1. The van der Waals surface area contributed by atoms with E-state index in [1.807, 2.05) is 0 Å². The molecule has 0 rings (SSSR count). The molecule has 0 aromatic rings. The Morgan fingerprint density at radius 2 is 1.94 bits per heavy atom. The fourth-order valence-electron chi connectivity index (χ4n) is 1.40. The zero-order valence-corrected chi connectivity index (χ0v) is 13.3. The Hall–Kier alpha value is -0.413. The smallest absolute Gasteiger partial charge is 0.192 e. The van der Waals surface area contributed by atoms with Gasteiger partial charge in [0.25, 0.3) is 0 Å². The Kier molecular flexibility index (Phi) is 6.34.